The molecule has 2 aromatic rings. The molecule has 1 aromatic heterocycles. The van der Waals surface area contributed by atoms with E-state index in [4.69, 9.17) is 10.3 Å². The van der Waals surface area contributed by atoms with Gasteiger partial charge in [-0.25, -0.2) is 0 Å². The maximum absolute atomic E-state index is 10.8. The maximum atomic E-state index is 10.8. The fourth-order valence-electron chi connectivity index (χ4n) is 2.16. The van der Waals surface area contributed by atoms with Crippen LogP contribution in [0.1, 0.15) is 25.0 Å². The molecule has 0 saturated heterocycles. The predicted octanol–water partition coefficient (Wildman–Crippen LogP) is 3.34. The lowest BCUT2D eigenvalue weighted by atomic mass is 9.98. The molecule has 0 spiro atoms. The summed E-state index contributed by atoms with van der Waals surface area (Å²) in [7, 11) is 0. The van der Waals surface area contributed by atoms with Crippen LogP contribution in [0.5, 0.6) is 0 Å². The zero-order valence-corrected chi connectivity index (χ0v) is 11.7. The van der Waals surface area contributed by atoms with E-state index in [1.54, 1.807) is 19.1 Å². The van der Waals surface area contributed by atoms with E-state index in [0.29, 0.717) is 23.1 Å². The quantitative estimate of drug-likeness (QED) is 0.682. The Kier molecular flexibility index (Phi) is 3.74. The predicted molar refractivity (Wildman–Crippen MR) is 76.3 cm³/mol. The second-order valence-corrected chi connectivity index (χ2v) is 5.23. The number of hydrogen-bond acceptors (Lipinski definition) is 5. The van der Waals surface area contributed by atoms with Crippen LogP contribution in [0.25, 0.3) is 11.3 Å². The monoisotopic (exact) mass is 275 g/mol. The molecule has 0 aliphatic rings. The van der Waals surface area contributed by atoms with Crippen LogP contribution in [0.3, 0.4) is 0 Å². The molecule has 1 heterocycles. The number of aromatic nitrogens is 1. The smallest absolute Gasteiger partial charge is 0.272 e. The highest BCUT2D eigenvalue weighted by molar-refractivity contribution is 5.69. The first-order valence-corrected chi connectivity index (χ1v) is 6.39. The molecule has 2 N–H and O–H groups in total. The van der Waals surface area contributed by atoms with Gasteiger partial charge in [0.25, 0.3) is 5.69 Å². The van der Waals surface area contributed by atoms with Gasteiger partial charge in [-0.2, -0.15) is 0 Å². The third-order valence-corrected chi connectivity index (χ3v) is 3.10. The van der Waals surface area contributed by atoms with Crippen LogP contribution in [0.4, 0.5) is 11.6 Å². The van der Waals surface area contributed by atoms with Crippen molar-refractivity contribution in [2.24, 2.45) is 5.92 Å². The Morgan fingerprint density at radius 2 is 2.15 bits per heavy atom. The summed E-state index contributed by atoms with van der Waals surface area (Å²) in [4.78, 5) is 10.4. The summed E-state index contributed by atoms with van der Waals surface area (Å²) in [5.74, 6) is 0.722. The van der Waals surface area contributed by atoms with Crippen molar-refractivity contribution in [1.29, 1.82) is 0 Å². The van der Waals surface area contributed by atoms with Gasteiger partial charge >= 0.3 is 0 Å². The average Bonchev–Trinajstić information content (AvgIpc) is 2.70. The Labute approximate surface area is 116 Å². The van der Waals surface area contributed by atoms with Gasteiger partial charge in [0.1, 0.15) is 5.69 Å². The summed E-state index contributed by atoms with van der Waals surface area (Å²) in [5.41, 5.74) is 8.78. The van der Waals surface area contributed by atoms with E-state index in [9.17, 15) is 10.1 Å². The number of nitrogens with zero attached hydrogens (tertiary/aromatic N) is 2. The molecule has 0 fully saturated rings. The van der Waals surface area contributed by atoms with Gasteiger partial charge in [-0.15, -0.1) is 0 Å². The van der Waals surface area contributed by atoms with Crippen LogP contribution in [-0.2, 0) is 6.42 Å². The van der Waals surface area contributed by atoms with Crippen molar-refractivity contribution >= 4 is 11.6 Å². The lowest BCUT2D eigenvalue weighted by molar-refractivity contribution is -0.385. The number of benzene rings is 1. The van der Waals surface area contributed by atoms with Gasteiger partial charge in [0, 0.05) is 22.8 Å². The molecule has 0 aliphatic heterocycles. The van der Waals surface area contributed by atoms with Crippen molar-refractivity contribution in [2.45, 2.75) is 27.2 Å². The first kappa shape index (κ1) is 14.0. The van der Waals surface area contributed by atoms with Crippen molar-refractivity contribution in [3.63, 3.8) is 0 Å². The molecule has 0 radical (unpaired) electrons. The van der Waals surface area contributed by atoms with E-state index in [0.717, 1.165) is 17.5 Å². The number of nitrogens with two attached hydrogens (primary N) is 1. The summed E-state index contributed by atoms with van der Waals surface area (Å²) in [6.45, 7) is 5.86. The van der Waals surface area contributed by atoms with Crippen LogP contribution in [0.2, 0.25) is 0 Å². The number of aryl methyl sites for hydroxylation is 1. The third kappa shape index (κ3) is 2.64. The topological polar surface area (TPSA) is 95.2 Å². The number of nitro benzene ring substituents is 1. The SMILES string of the molecule is Cc1cc(-c2noc(N)c2CC(C)C)ccc1[N+](=O)[O-]. The van der Waals surface area contributed by atoms with Gasteiger partial charge in [0.15, 0.2) is 0 Å². The summed E-state index contributed by atoms with van der Waals surface area (Å²) < 4.78 is 5.06. The zero-order valence-electron chi connectivity index (χ0n) is 11.7. The Hall–Kier alpha value is -2.37. The first-order chi connectivity index (χ1) is 9.40. The Morgan fingerprint density at radius 3 is 2.70 bits per heavy atom. The average molecular weight is 275 g/mol. The minimum atomic E-state index is -0.398. The summed E-state index contributed by atoms with van der Waals surface area (Å²) >= 11 is 0. The highest BCUT2D eigenvalue weighted by Crippen LogP contribution is 2.31. The van der Waals surface area contributed by atoms with Crippen LogP contribution >= 0.6 is 0 Å². The number of rotatable bonds is 4. The van der Waals surface area contributed by atoms with Crippen molar-refractivity contribution in [3.05, 3.63) is 39.4 Å². The number of hydrogen-bond donors (Lipinski definition) is 1. The van der Waals surface area contributed by atoms with Gasteiger partial charge in [0.05, 0.1) is 4.92 Å². The normalized spacial score (nSPS) is 11.0. The lowest BCUT2D eigenvalue weighted by Gasteiger charge is -2.06. The fourth-order valence-corrected chi connectivity index (χ4v) is 2.16. The standard InChI is InChI=1S/C14H17N3O3/c1-8(2)6-11-13(16-20-14(11)15)10-4-5-12(17(18)19)9(3)7-10/h4-5,7-8H,6,15H2,1-3H3. The Morgan fingerprint density at radius 1 is 1.45 bits per heavy atom. The summed E-state index contributed by atoms with van der Waals surface area (Å²) in [6, 6.07) is 4.89. The first-order valence-electron chi connectivity index (χ1n) is 6.39. The van der Waals surface area contributed by atoms with Gasteiger partial charge in [-0.3, -0.25) is 10.1 Å². The highest BCUT2D eigenvalue weighted by atomic mass is 16.6. The highest BCUT2D eigenvalue weighted by Gasteiger charge is 2.18. The van der Waals surface area contributed by atoms with Crippen LogP contribution in [0, 0.1) is 23.0 Å². The molecule has 1 aromatic carbocycles. The minimum absolute atomic E-state index is 0.0932. The molecule has 2 rings (SSSR count). The van der Waals surface area contributed by atoms with E-state index < -0.39 is 4.92 Å². The van der Waals surface area contributed by atoms with E-state index in [2.05, 4.69) is 19.0 Å². The summed E-state index contributed by atoms with van der Waals surface area (Å²) in [5, 5.41) is 14.8. The summed E-state index contributed by atoms with van der Waals surface area (Å²) in [6.07, 6.45) is 0.751. The van der Waals surface area contributed by atoms with Crippen molar-refractivity contribution < 1.29 is 9.45 Å². The third-order valence-electron chi connectivity index (χ3n) is 3.10. The second kappa shape index (κ2) is 5.32. The van der Waals surface area contributed by atoms with E-state index in [-0.39, 0.29) is 5.69 Å². The molecule has 106 valence electrons. The molecule has 0 saturated carbocycles. The van der Waals surface area contributed by atoms with E-state index in [1.807, 2.05) is 0 Å². The largest absolute Gasteiger partial charge is 0.367 e. The fraction of sp³-hybridized carbons (Fsp3) is 0.357. The lowest BCUT2D eigenvalue weighted by Crippen LogP contribution is -1.99. The van der Waals surface area contributed by atoms with Gasteiger partial charge < -0.3 is 10.3 Å². The van der Waals surface area contributed by atoms with Crippen molar-refractivity contribution in [1.82, 2.24) is 5.16 Å². The van der Waals surface area contributed by atoms with E-state index >= 15 is 0 Å². The molecule has 0 amide bonds. The molecule has 6 nitrogen and oxygen atoms in total. The molecule has 0 atom stereocenters. The molecule has 0 unspecified atom stereocenters. The minimum Gasteiger partial charge on any atom is -0.367 e. The van der Waals surface area contributed by atoms with Crippen LogP contribution in [0.15, 0.2) is 22.7 Å². The molecular weight excluding hydrogens is 258 g/mol. The van der Waals surface area contributed by atoms with Gasteiger partial charge in [0.2, 0.25) is 5.88 Å². The Bertz CT molecular complexity index is 647. The second-order valence-electron chi connectivity index (χ2n) is 5.23. The van der Waals surface area contributed by atoms with Crippen molar-refractivity contribution in [2.75, 3.05) is 5.73 Å². The molecule has 0 aliphatic carbocycles. The van der Waals surface area contributed by atoms with Crippen LogP contribution in [-0.4, -0.2) is 10.1 Å². The number of nitro groups is 1. The van der Waals surface area contributed by atoms with Crippen molar-refractivity contribution in [3.8, 4) is 11.3 Å². The van der Waals surface area contributed by atoms with Crippen LogP contribution < -0.4 is 5.73 Å². The number of anilines is 1. The Balaban J connectivity index is 2.47. The number of nitrogen functional groups attached to an aromatic ring is 1. The molecule has 0 bridgehead atoms. The van der Waals surface area contributed by atoms with Gasteiger partial charge in [-0.05, 0) is 31.4 Å². The molecular formula is C14H17N3O3. The van der Waals surface area contributed by atoms with E-state index in [1.165, 1.54) is 6.07 Å². The van der Waals surface area contributed by atoms with Gasteiger partial charge in [-0.1, -0.05) is 19.0 Å². The molecule has 6 heteroatoms. The maximum Gasteiger partial charge on any atom is 0.272 e. The zero-order chi connectivity index (χ0) is 14.9. The molecule has 20 heavy (non-hydrogen) atoms.